The number of rotatable bonds is 3. The summed E-state index contributed by atoms with van der Waals surface area (Å²) in [6.07, 6.45) is 2.75. The fourth-order valence-electron chi connectivity index (χ4n) is 1.54. The summed E-state index contributed by atoms with van der Waals surface area (Å²) in [5, 5.41) is 12.0. The van der Waals surface area contributed by atoms with Gasteiger partial charge in [-0.25, -0.2) is 4.79 Å². The molecule has 2 N–H and O–H groups in total. The minimum atomic E-state index is -1.19. The van der Waals surface area contributed by atoms with Gasteiger partial charge in [0.1, 0.15) is 0 Å². The molecule has 102 valence electrons. The standard InChI is InChI=1S/C13H8Cl2N2O3/c14-7-1-2-11(8(5-7)13(19)20)17-12(18)9-6-16-4-3-10(9)15/h1-6H,(H,17,18)(H,19,20). The third-order valence-electron chi connectivity index (χ3n) is 2.47. The van der Waals surface area contributed by atoms with Gasteiger partial charge in [0.05, 0.1) is 21.8 Å². The number of aromatic nitrogens is 1. The number of pyridine rings is 1. The average Bonchev–Trinajstić information content (AvgIpc) is 2.41. The third kappa shape index (κ3) is 3.07. The number of nitrogens with one attached hydrogen (secondary N) is 1. The Labute approximate surface area is 124 Å². The SMILES string of the molecule is O=C(Nc1ccc(Cl)cc1C(=O)O)c1cnccc1Cl. The first-order valence-electron chi connectivity index (χ1n) is 5.42. The smallest absolute Gasteiger partial charge is 0.337 e. The third-order valence-corrected chi connectivity index (χ3v) is 3.04. The van der Waals surface area contributed by atoms with Crippen molar-refractivity contribution >= 4 is 40.8 Å². The van der Waals surface area contributed by atoms with Crippen molar-refractivity contribution in [3.63, 3.8) is 0 Å². The highest BCUT2D eigenvalue weighted by molar-refractivity contribution is 6.34. The van der Waals surface area contributed by atoms with Crippen LogP contribution in [0, 0.1) is 0 Å². The highest BCUT2D eigenvalue weighted by atomic mass is 35.5. The number of carbonyl (C=O) groups is 2. The molecule has 1 heterocycles. The summed E-state index contributed by atoms with van der Waals surface area (Å²) in [4.78, 5) is 26.9. The van der Waals surface area contributed by atoms with Crippen molar-refractivity contribution in [2.75, 3.05) is 5.32 Å². The van der Waals surface area contributed by atoms with Crippen LogP contribution in [0.15, 0.2) is 36.7 Å². The van der Waals surface area contributed by atoms with Gasteiger partial charge < -0.3 is 10.4 Å². The molecule has 0 radical (unpaired) electrons. The fraction of sp³-hybridized carbons (Fsp3) is 0. The van der Waals surface area contributed by atoms with E-state index in [1.54, 1.807) is 0 Å². The second kappa shape index (κ2) is 5.90. The van der Waals surface area contributed by atoms with Crippen LogP contribution < -0.4 is 5.32 Å². The molecule has 0 saturated carbocycles. The molecule has 1 aromatic heterocycles. The molecule has 7 heteroatoms. The Hall–Kier alpha value is -2.11. The van der Waals surface area contributed by atoms with E-state index in [-0.39, 0.29) is 26.9 Å². The maximum absolute atomic E-state index is 12.0. The molecule has 1 amide bonds. The Balaban J connectivity index is 2.33. The molecule has 5 nitrogen and oxygen atoms in total. The number of hydrogen-bond acceptors (Lipinski definition) is 3. The highest BCUT2D eigenvalue weighted by Crippen LogP contribution is 2.22. The number of aromatic carboxylic acids is 1. The summed E-state index contributed by atoms with van der Waals surface area (Å²) in [5.41, 5.74) is 0.179. The van der Waals surface area contributed by atoms with Gasteiger partial charge in [-0.05, 0) is 24.3 Å². The normalized spacial score (nSPS) is 10.1. The van der Waals surface area contributed by atoms with Gasteiger partial charge in [0.15, 0.2) is 0 Å². The zero-order valence-electron chi connectivity index (χ0n) is 9.93. The number of halogens is 2. The predicted molar refractivity (Wildman–Crippen MR) is 75.6 cm³/mol. The number of carbonyl (C=O) groups excluding carboxylic acids is 1. The van der Waals surface area contributed by atoms with Crippen molar-refractivity contribution in [1.29, 1.82) is 0 Å². The second-order valence-electron chi connectivity index (χ2n) is 3.80. The first-order valence-corrected chi connectivity index (χ1v) is 6.18. The summed E-state index contributed by atoms with van der Waals surface area (Å²) < 4.78 is 0. The maximum atomic E-state index is 12.0. The van der Waals surface area contributed by atoms with Crippen LogP contribution in [0.1, 0.15) is 20.7 Å². The molecule has 0 fully saturated rings. The molecule has 0 saturated heterocycles. The van der Waals surface area contributed by atoms with Crippen molar-refractivity contribution in [2.24, 2.45) is 0 Å². The summed E-state index contributed by atoms with van der Waals surface area (Å²) in [6, 6.07) is 5.61. The molecule has 0 bridgehead atoms. The molecule has 1 aromatic carbocycles. The lowest BCUT2D eigenvalue weighted by molar-refractivity contribution is 0.0698. The number of hydrogen-bond donors (Lipinski definition) is 2. The van der Waals surface area contributed by atoms with Gasteiger partial charge in [0, 0.05) is 17.4 Å². The van der Waals surface area contributed by atoms with Gasteiger partial charge in [0.25, 0.3) is 5.91 Å². The zero-order chi connectivity index (χ0) is 14.7. The molecule has 0 unspecified atom stereocenters. The number of carboxylic acids is 1. The minimum Gasteiger partial charge on any atom is -0.478 e. The van der Waals surface area contributed by atoms with Crippen molar-refractivity contribution in [3.8, 4) is 0 Å². The van der Waals surface area contributed by atoms with E-state index in [1.807, 2.05) is 0 Å². The second-order valence-corrected chi connectivity index (χ2v) is 4.65. The van der Waals surface area contributed by atoms with Gasteiger partial charge in [-0.1, -0.05) is 23.2 Å². The van der Waals surface area contributed by atoms with E-state index in [0.29, 0.717) is 0 Å². The van der Waals surface area contributed by atoms with Crippen LogP contribution >= 0.6 is 23.2 Å². The summed E-state index contributed by atoms with van der Waals surface area (Å²) in [5.74, 6) is -1.74. The maximum Gasteiger partial charge on any atom is 0.337 e. The molecule has 0 aliphatic heterocycles. The van der Waals surface area contributed by atoms with Crippen LogP contribution in [0.5, 0.6) is 0 Å². The fourth-order valence-corrected chi connectivity index (χ4v) is 1.90. The van der Waals surface area contributed by atoms with E-state index in [4.69, 9.17) is 28.3 Å². The van der Waals surface area contributed by atoms with E-state index in [9.17, 15) is 9.59 Å². The Kier molecular flexibility index (Phi) is 4.22. The molecular weight excluding hydrogens is 303 g/mol. The van der Waals surface area contributed by atoms with Gasteiger partial charge in [-0.15, -0.1) is 0 Å². The molecule has 0 aliphatic carbocycles. The molecule has 0 spiro atoms. The summed E-state index contributed by atoms with van der Waals surface area (Å²) in [6.45, 7) is 0. The van der Waals surface area contributed by atoms with Gasteiger partial charge >= 0.3 is 5.97 Å². The van der Waals surface area contributed by atoms with E-state index in [2.05, 4.69) is 10.3 Å². The molecule has 20 heavy (non-hydrogen) atoms. The Bertz CT molecular complexity index is 689. The number of anilines is 1. The lowest BCUT2D eigenvalue weighted by Gasteiger charge is -2.09. The predicted octanol–water partition coefficient (Wildman–Crippen LogP) is 3.34. The van der Waals surface area contributed by atoms with Crippen LogP contribution in [-0.2, 0) is 0 Å². The van der Waals surface area contributed by atoms with Crippen molar-refractivity contribution < 1.29 is 14.7 Å². The molecular formula is C13H8Cl2N2O3. The van der Waals surface area contributed by atoms with Crippen molar-refractivity contribution in [1.82, 2.24) is 4.98 Å². The van der Waals surface area contributed by atoms with Gasteiger partial charge in [-0.2, -0.15) is 0 Å². The molecule has 0 aliphatic rings. The minimum absolute atomic E-state index is 0.106. The quantitative estimate of drug-likeness (QED) is 0.911. The van der Waals surface area contributed by atoms with Crippen molar-refractivity contribution in [3.05, 3.63) is 57.8 Å². The summed E-state index contributed by atoms with van der Waals surface area (Å²) in [7, 11) is 0. The van der Waals surface area contributed by atoms with Gasteiger partial charge in [0.2, 0.25) is 0 Å². The molecule has 2 aromatic rings. The van der Waals surface area contributed by atoms with E-state index in [1.165, 1.54) is 36.7 Å². The number of nitrogens with zero attached hydrogens (tertiary/aromatic N) is 1. The number of amides is 1. The van der Waals surface area contributed by atoms with Crippen LogP contribution in [0.3, 0.4) is 0 Å². The van der Waals surface area contributed by atoms with Gasteiger partial charge in [-0.3, -0.25) is 9.78 Å². The monoisotopic (exact) mass is 310 g/mol. The Morgan fingerprint density at radius 1 is 1.15 bits per heavy atom. The first-order chi connectivity index (χ1) is 9.49. The average molecular weight is 311 g/mol. The number of benzene rings is 1. The Morgan fingerprint density at radius 3 is 2.55 bits per heavy atom. The van der Waals surface area contributed by atoms with E-state index >= 15 is 0 Å². The Morgan fingerprint density at radius 2 is 1.90 bits per heavy atom. The lowest BCUT2D eigenvalue weighted by atomic mass is 10.1. The lowest BCUT2D eigenvalue weighted by Crippen LogP contribution is -2.15. The highest BCUT2D eigenvalue weighted by Gasteiger charge is 2.16. The van der Waals surface area contributed by atoms with Crippen LogP contribution in [0.4, 0.5) is 5.69 Å². The number of carboxylic acid groups (broad SMARTS) is 1. The zero-order valence-corrected chi connectivity index (χ0v) is 11.4. The largest absolute Gasteiger partial charge is 0.478 e. The van der Waals surface area contributed by atoms with E-state index < -0.39 is 11.9 Å². The van der Waals surface area contributed by atoms with E-state index in [0.717, 1.165) is 0 Å². The van der Waals surface area contributed by atoms with Crippen LogP contribution in [-0.4, -0.2) is 22.0 Å². The van der Waals surface area contributed by atoms with Crippen LogP contribution in [0.2, 0.25) is 10.0 Å². The molecule has 0 atom stereocenters. The summed E-state index contributed by atoms with van der Waals surface area (Å²) >= 11 is 11.6. The van der Waals surface area contributed by atoms with Crippen molar-refractivity contribution in [2.45, 2.75) is 0 Å². The topological polar surface area (TPSA) is 79.3 Å². The molecule has 2 rings (SSSR count). The van der Waals surface area contributed by atoms with Crippen LogP contribution in [0.25, 0.3) is 0 Å². The first kappa shape index (κ1) is 14.3.